The molecule has 0 amide bonds. The minimum Gasteiger partial charge on any atom is -0.360 e. The molecule has 2 aliphatic rings. The lowest BCUT2D eigenvalue weighted by Crippen LogP contribution is -2.30. The molecular formula is C18H21ClFN3. The Morgan fingerprint density at radius 2 is 1.87 bits per heavy atom. The highest BCUT2D eigenvalue weighted by molar-refractivity contribution is 6.25. The summed E-state index contributed by atoms with van der Waals surface area (Å²) in [4.78, 5) is 4.21. The minimum absolute atomic E-state index is 0.0719. The van der Waals surface area contributed by atoms with Crippen molar-refractivity contribution in [3.8, 4) is 0 Å². The van der Waals surface area contributed by atoms with E-state index in [4.69, 9.17) is 11.6 Å². The molecule has 0 saturated carbocycles. The monoisotopic (exact) mass is 333 g/mol. The summed E-state index contributed by atoms with van der Waals surface area (Å²) in [5.41, 5.74) is 5.57. The lowest BCUT2D eigenvalue weighted by atomic mass is 10.0. The Kier molecular flexibility index (Phi) is 6.41. The second-order valence-corrected chi connectivity index (χ2v) is 5.09. The van der Waals surface area contributed by atoms with Crippen LogP contribution in [0.25, 0.3) is 5.70 Å². The highest BCUT2D eigenvalue weighted by Gasteiger charge is 2.24. The molecule has 2 heterocycles. The van der Waals surface area contributed by atoms with E-state index in [9.17, 15) is 4.39 Å². The van der Waals surface area contributed by atoms with Gasteiger partial charge in [0, 0.05) is 18.3 Å². The molecule has 0 saturated heterocycles. The molecule has 0 spiro atoms. The van der Waals surface area contributed by atoms with Crippen LogP contribution < -0.4 is 10.6 Å². The molecule has 1 atom stereocenters. The van der Waals surface area contributed by atoms with E-state index in [0.717, 1.165) is 29.9 Å². The van der Waals surface area contributed by atoms with Gasteiger partial charge >= 0.3 is 0 Å². The molecule has 0 fully saturated rings. The number of nitrogens with one attached hydrogen (secondary N) is 2. The van der Waals surface area contributed by atoms with Gasteiger partial charge in [-0.3, -0.25) is 4.99 Å². The first-order valence-electron chi connectivity index (χ1n) is 7.77. The Balaban J connectivity index is 0.000000924. The van der Waals surface area contributed by atoms with E-state index in [1.54, 1.807) is 12.1 Å². The number of allylic oxidation sites excluding steroid dienone is 2. The molecule has 3 nitrogen and oxygen atoms in total. The first kappa shape index (κ1) is 17.3. The van der Waals surface area contributed by atoms with Crippen LogP contribution >= 0.6 is 11.6 Å². The normalized spacial score (nSPS) is 19.8. The number of hydrogen-bond donors (Lipinski definition) is 2. The third kappa shape index (κ3) is 4.23. The largest absolute Gasteiger partial charge is 0.360 e. The van der Waals surface area contributed by atoms with Gasteiger partial charge in [-0.2, -0.15) is 0 Å². The van der Waals surface area contributed by atoms with Crippen molar-refractivity contribution in [3.63, 3.8) is 0 Å². The Labute approximate surface area is 141 Å². The van der Waals surface area contributed by atoms with Crippen LogP contribution in [0.4, 0.5) is 4.39 Å². The Hall–Kier alpha value is -2.07. The van der Waals surface area contributed by atoms with Gasteiger partial charge in [-0.1, -0.05) is 25.4 Å². The summed E-state index contributed by atoms with van der Waals surface area (Å²) in [6.45, 7) is 4.78. The van der Waals surface area contributed by atoms with E-state index in [1.807, 2.05) is 32.2 Å². The first-order valence-corrected chi connectivity index (χ1v) is 8.21. The summed E-state index contributed by atoms with van der Waals surface area (Å²) in [6, 6.07) is 6.46. The third-order valence-corrected chi connectivity index (χ3v) is 3.61. The fourth-order valence-electron chi connectivity index (χ4n) is 2.45. The molecule has 2 N–H and O–H groups in total. The maximum Gasteiger partial charge on any atom is 0.123 e. The van der Waals surface area contributed by atoms with Crippen molar-refractivity contribution in [2.24, 2.45) is 4.99 Å². The van der Waals surface area contributed by atoms with Crippen molar-refractivity contribution in [3.05, 3.63) is 64.6 Å². The minimum atomic E-state index is -0.243. The van der Waals surface area contributed by atoms with Gasteiger partial charge in [-0.15, -0.1) is 0 Å². The van der Waals surface area contributed by atoms with Crippen molar-refractivity contribution in [2.45, 2.75) is 26.4 Å². The highest BCUT2D eigenvalue weighted by Crippen LogP contribution is 2.27. The molecule has 3 rings (SSSR count). The molecule has 0 bridgehead atoms. The number of dihydropyridines is 1. The average Bonchev–Trinajstić information content (AvgIpc) is 3.02. The smallest absolute Gasteiger partial charge is 0.123 e. The topological polar surface area (TPSA) is 36.4 Å². The van der Waals surface area contributed by atoms with Gasteiger partial charge in [-0.05, 0) is 54.0 Å². The Morgan fingerprint density at radius 3 is 2.48 bits per heavy atom. The summed E-state index contributed by atoms with van der Waals surface area (Å²) in [7, 11) is 0. The van der Waals surface area contributed by atoms with E-state index in [-0.39, 0.29) is 12.0 Å². The van der Waals surface area contributed by atoms with Crippen LogP contribution in [0.15, 0.2) is 58.2 Å². The van der Waals surface area contributed by atoms with Crippen molar-refractivity contribution < 1.29 is 4.39 Å². The summed E-state index contributed by atoms with van der Waals surface area (Å²) >= 11 is 5.67. The van der Waals surface area contributed by atoms with Crippen LogP contribution in [-0.2, 0) is 0 Å². The summed E-state index contributed by atoms with van der Waals surface area (Å²) < 4.78 is 13.1. The SMILES string of the molecule is CC.Fc1ccc(C2=C(C3=CC=NCC3)NC(/C=C/Cl)N2)cc1. The molecule has 0 aliphatic carbocycles. The van der Waals surface area contributed by atoms with Crippen molar-refractivity contribution >= 4 is 23.5 Å². The van der Waals surface area contributed by atoms with E-state index in [0.29, 0.717) is 0 Å². The van der Waals surface area contributed by atoms with Crippen molar-refractivity contribution in [1.29, 1.82) is 0 Å². The first-order chi connectivity index (χ1) is 11.3. The van der Waals surface area contributed by atoms with Crippen LogP contribution in [0.1, 0.15) is 25.8 Å². The predicted octanol–water partition coefficient (Wildman–Crippen LogP) is 4.19. The molecule has 23 heavy (non-hydrogen) atoms. The van der Waals surface area contributed by atoms with Crippen LogP contribution in [0.5, 0.6) is 0 Å². The van der Waals surface area contributed by atoms with Gasteiger partial charge in [-0.25, -0.2) is 4.39 Å². The maximum atomic E-state index is 13.1. The van der Waals surface area contributed by atoms with Crippen LogP contribution in [0.3, 0.4) is 0 Å². The molecule has 1 aromatic carbocycles. The molecule has 0 radical (unpaired) electrons. The van der Waals surface area contributed by atoms with E-state index < -0.39 is 0 Å². The second kappa shape index (κ2) is 8.53. The zero-order valence-electron chi connectivity index (χ0n) is 13.3. The molecular weight excluding hydrogens is 313 g/mol. The van der Waals surface area contributed by atoms with Gasteiger partial charge in [0.15, 0.2) is 0 Å². The average molecular weight is 334 g/mol. The summed E-state index contributed by atoms with van der Waals surface area (Å²) in [6.07, 6.45) is 6.46. The number of benzene rings is 1. The molecule has 5 heteroatoms. The highest BCUT2D eigenvalue weighted by atomic mass is 35.5. The molecule has 122 valence electrons. The quantitative estimate of drug-likeness (QED) is 0.870. The number of halogens is 2. The zero-order chi connectivity index (χ0) is 16.7. The Morgan fingerprint density at radius 1 is 1.17 bits per heavy atom. The summed E-state index contributed by atoms with van der Waals surface area (Å²) in [5, 5.41) is 6.76. The fraction of sp³-hybridized carbons (Fsp3) is 0.278. The third-order valence-electron chi connectivity index (χ3n) is 3.46. The zero-order valence-corrected chi connectivity index (χ0v) is 14.1. The van der Waals surface area contributed by atoms with E-state index in [1.165, 1.54) is 23.2 Å². The molecule has 0 aromatic heterocycles. The van der Waals surface area contributed by atoms with Gasteiger partial charge in [0.25, 0.3) is 0 Å². The standard InChI is InChI=1S/C16H15ClFN3.C2H6/c17-8-5-14-20-15(11-1-3-13(18)4-2-11)16(21-14)12-6-9-19-10-7-12;1-2/h1-6,8-9,14,20-21H,7,10H2;1-2H3/b8-5+;. The number of hydrogen-bond acceptors (Lipinski definition) is 3. The number of rotatable bonds is 3. The van der Waals surface area contributed by atoms with E-state index in [2.05, 4.69) is 15.6 Å². The number of aliphatic imine (C=N–C) groups is 1. The van der Waals surface area contributed by atoms with E-state index >= 15 is 0 Å². The van der Waals surface area contributed by atoms with Gasteiger partial charge < -0.3 is 10.6 Å². The number of nitrogens with zero attached hydrogens (tertiary/aromatic N) is 1. The van der Waals surface area contributed by atoms with Gasteiger partial charge in [0.05, 0.1) is 11.4 Å². The van der Waals surface area contributed by atoms with Gasteiger partial charge in [0.1, 0.15) is 12.0 Å². The fourth-order valence-corrected chi connectivity index (χ4v) is 2.60. The second-order valence-electron chi connectivity index (χ2n) is 4.84. The van der Waals surface area contributed by atoms with Gasteiger partial charge in [0.2, 0.25) is 0 Å². The molecule has 1 aromatic rings. The lowest BCUT2D eigenvalue weighted by Gasteiger charge is -2.13. The molecule has 1 unspecified atom stereocenters. The van der Waals surface area contributed by atoms with Crippen LogP contribution in [0, 0.1) is 5.82 Å². The predicted molar refractivity (Wildman–Crippen MR) is 95.8 cm³/mol. The lowest BCUT2D eigenvalue weighted by molar-refractivity contribution is 0.627. The van der Waals surface area contributed by atoms with Crippen LogP contribution in [-0.4, -0.2) is 18.9 Å². The Bertz CT molecular complexity index is 645. The summed E-state index contributed by atoms with van der Waals surface area (Å²) in [5.74, 6) is -0.243. The van der Waals surface area contributed by atoms with Crippen LogP contribution in [0.2, 0.25) is 0 Å². The van der Waals surface area contributed by atoms with Crippen molar-refractivity contribution in [1.82, 2.24) is 10.6 Å². The maximum absolute atomic E-state index is 13.1. The van der Waals surface area contributed by atoms with Crippen molar-refractivity contribution in [2.75, 3.05) is 6.54 Å². The molecule has 2 aliphatic heterocycles.